The van der Waals surface area contributed by atoms with Crippen molar-refractivity contribution >= 4 is 17.7 Å². The van der Waals surface area contributed by atoms with Crippen molar-refractivity contribution in [2.45, 2.75) is 19.8 Å². The molecule has 1 saturated heterocycles. The molecule has 0 radical (unpaired) electrons. The highest BCUT2D eigenvalue weighted by Crippen LogP contribution is 2.17. The Kier molecular flexibility index (Phi) is 5.14. The van der Waals surface area contributed by atoms with Crippen LogP contribution in [0.5, 0.6) is 5.75 Å². The number of ether oxygens (including phenoxy) is 1. The molecule has 1 aliphatic rings. The van der Waals surface area contributed by atoms with Crippen LogP contribution in [0.1, 0.15) is 30.1 Å². The van der Waals surface area contributed by atoms with E-state index in [2.05, 4.69) is 0 Å². The van der Waals surface area contributed by atoms with Crippen molar-refractivity contribution in [3.05, 3.63) is 29.8 Å². The molecule has 1 heterocycles. The molecule has 0 N–H and O–H groups in total. The summed E-state index contributed by atoms with van der Waals surface area (Å²) in [5.74, 6) is -1.20. The minimum atomic E-state index is -1.05. The SMILES string of the molecule is CC(=O)c1ccc(OCC(=O)N2CCC(C(=O)[O-])CC2)cc1. The zero-order valence-corrected chi connectivity index (χ0v) is 12.4. The summed E-state index contributed by atoms with van der Waals surface area (Å²) in [6.07, 6.45) is 0.836. The summed E-state index contributed by atoms with van der Waals surface area (Å²) in [6, 6.07) is 6.58. The fourth-order valence-electron chi connectivity index (χ4n) is 2.39. The van der Waals surface area contributed by atoms with Gasteiger partial charge in [0.15, 0.2) is 12.4 Å². The second-order valence-corrected chi connectivity index (χ2v) is 5.34. The van der Waals surface area contributed by atoms with Crippen molar-refractivity contribution in [1.29, 1.82) is 0 Å². The molecule has 0 atom stereocenters. The first-order chi connectivity index (χ1) is 10.5. The molecule has 1 fully saturated rings. The van der Waals surface area contributed by atoms with Gasteiger partial charge in [-0.15, -0.1) is 0 Å². The van der Waals surface area contributed by atoms with Gasteiger partial charge < -0.3 is 19.5 Å². The molecule has 118 valence electrons. The van der Waals surface area contributed by atoms with Crippen LogP contribution in [0.3, 0.4) is 0 Å². The summed E-state index contributed by atoms with van der Waals surface area (Å²) in [7, 11) is 0. The number of likely N-dealkylation sites (tertiary alicyclic amines) is 1. The van der Waals surface area contributed by atoms with Gasteiger partial charge in [-0.25, -0.2) is 0 Å². The monoisotopic (exact) mass is 304 g/mol. The number of piperidine rings is 1. The van der Waals surface area contributed by atoms with Gasteiger partial charge in [-0.1, -0.05) is 0 Å². The van der Waals surface area contributed by atoms with Crippen LogP contribution in [0.25, 0.3) is 0 Å². The van der Waals surface area contributed by atoms with E-state index in [0.29, 0.717) is 37.2 Å². The summed E-state index contributed by atoms with van der Waals surface area (Å²) in [6.45, 7) is 2.19. The van der Waals surface area contributed by atoms with Gasteiger partial charge in [0.25, 0.3) is 5.91 Å². The Bertz CT molecular complexity index is 558. The Morgan fingerprint density at radius 3 is 2.27 bits per heavy atom. The lowest BCUT2D eigenvalue weighted by molar-refractivity contribution is -0.312. The lowest BCUT2D eigenvalue weighted by Crippen LogP contribution is -2.45. The second-order valence-electron chi connectivity index (χ2n) is 5.34. The topological polar surface area (TPSA) is 86.7 Å². The second kappa shape index (κ2) is 7.06. The number of hydrogen-bond acceptors (Lipinski definition) is 5. The molecule has 1 aromatic rings. The smallest absolute Gasteiger partial charge is 0.260 e. The molecule has 1 aromatic carbocycles. The summed E-state index contributed by atoms with van der Waals surface area (Å²) < 4.78 is 5.40. The summed E-state index contributed by atoms with van der Waals surface area (Å²) >= 11 is 0. The van der Waals surface area contributed by atoms with E-state index in [-0.39, 0.29) is 18.3 Å². The summed E-state index contributed by atoms with van der Waals surface area (Å²) in [4.78, 5) is 35.5. The van der Waals surface area contributed by atoms with Crippen LogP contribution >= 0.6 is 0 Å². The van der Waals surface area contributed by atoms with Crippen LogP contribution in [-0.4, -0.2) is 42.3 Å². The van der Waals surface area contributed by atoms with Crippen LogP contribution in [0, 0.1) is 5.92 Å². The summed E-state index contributed by atoms with van der Waals surface area (Å²) in [5.41, 5.74) is 0.586. The fourth-order valence-corrected chi connectivity index (χ4v) is 2.39. The molecule has 0 bridgehead atoms. The molecule has 0 spiro atoms. The Morgan fingerprint density at radius 2 is 1.77 bits per heavy atom. The Hall–Kier alpha value is -2.37. The van der Waals surface area contributed by atoms with E-state index in [1.165, 1.54) is 6.92 Å². The number of rotatable bonds is 5. The maximum atomic E-state index is 12.0. The predicted molar refractivity (Wildman–Crippen MR) is 76.3 cm³/mol. The van der Waals surface area contributed by atoms with Crippen molar-refractivity contribution < 1.29 is 24.2 Å². The standard InChI is InChI=1S/C16H19NO5/c1-11(18)12-2-4-14(5-3-12)22-10-15(19)17-8-6-13(7-9-17)16(20)21/h2-5,13H,6-10H2,1H3,(H,20,21)/p-1. The number of nitrogens with zero attached hydrogens (tertiary/aromatic N) is 1. The third-order valence-electron chi connectivity index (χ3n) is 3.80. The maximum absolute atomic E-state index is 12.0. The van der Waals surface area contributed by atoms with Crippen LogP contribution in [0.2, 0.25) is 0 Å². The number of Topliss-reactive ketones (excluding diaryl/α,β-unsaturated/α-hetero) is 1. The van der Waals surface area contributed by atoms with E-state index in [9.17, 15) is 19.5 Å². The van der Waals surface area contributed by atoms with Gasteiger partial charge >= 0.3 is 0 Å². The number of carboxylic acid groups (broad SMARTS) is 1. The van der Waals surface area contributed by atoms with E-state index in [0.717, 1.165) is 0 Å². The lowest BCUT2D eigenvalue weighted by atomic mass is 9.97. The molecule has 0 unspecified atom stereocenters. The third kappa shape index (κ3) is 4.07. The molecule has 2 rings (SSSR count). The first kappa shape index (κ1) is 16.0. The first-order valence-corrected chi connectivity index (χ1v) is 7.20. The molecule has 22 heavy (non-hydrogen) atoms. The number of carbonyl (C=O) groups is 3. The number of ketones is 1. The van der Waals surface area contributed by atoms with Crippen LogP contribution in [-0.2, 0) is 9.59 Å². The van der Waals surface area contributed by atoms with E-state index in [4.69, 9.17) is 4.74 Å². The number of carbonyl (C=O) groups excluding carboxylic acids is 3. The number of aliphatic carboxylic acids is 1. The van der Waals surface area contributed by atoms with Gasteiger partial charge in [-0.3, -0.25) is 9.59 Å². The minimum absolute atomic E-state index is 0.0292. The van der Waals surface area contributed by atoms with Gasteiger partial charge in [-0.2, -0.15) is 0 Å². The van der Waals surface area contributed by atoms with Gasteiger partial charge in [0.2, 0.25) is 0 Å². The van der Waals surface area contributed by atoms with E-state index >= 15 is 0 Å². The average molecular weight is 304 g/mol. The highest BCUT2D eigenvalue weighted by atomic mass is 16.5. The zero-order chi connectivity index (χ0) is 16.1. The van der Waals surface area contributed by atoms with Crippen molar-refractivity contribution in [3.63, 3.8) is 0 Å². The van der Waals surface area contributed by atoms with E-state index in [1.54, 1.807) is 29.2 Å². The highest BCUT2D eigenvalue weighted by molar-refractivity contribution is 5.94. The number of benzene rings is 1. The summed E-state index contributed by atoms with van der Waals surface area (Å²) in [5, 5.41) is 10.8. The molecular formula is C16H18NO5-. The number of carboxylic acids is 1. The molecule has 0 saturated carbocycles. The van der Waals surface area contributed by atoms with Gasteiger partial charge in [-0.05, 0) is 44.0 Å². The molecule has 6 nitrogen and oxygen atoms in total. The molecule has 1 amide bonds. The molecular weight excluding hydrogens is 286 g/mol. The van der Waals surface area contributed by atoms with Crippen molar-refractivity contribution in [3.8, 4) is 5.75 Å². The Labute approximate surface area is 128 Å². The molecule has 6 heteroatoms. The lowest BCUT2D eigenvalue weighted by Gasteiger charge is -2.32. The van der Waals surface area contributed by atoms with Gasteiger partial charge in [0, 0.05) is 30.5 Å². The van der Waals surface area contributed by atoms with E-state index in [1.807, 2.05) is 0 Å². The van der Waals surface area contributed by atoms with Gasteiger partial charge in [0.1, 0.15) is 5.75 Å². The van der Waals surface area contributed by atoms with Crippen LogP contribution < -0.4 is 9.84 Å². The van der Waals surface area contributed by atoms with Crippen molar-refractivity contribution in [1.82, 2.24) is 4.90 Å². The minimum Gasteiger partial charge on any atom is -0.550 e. The fraction of sp³-hybridized carbons (Fsp3) is 0.438. The van der Waals surface area contributed by atoms with Crippen LogP contribution in [0.4, 0.5) is 0 Å². The van der Waals surface area contributed by atoms with Crippen LogP contribution in [0.15, 0.2) is 24.3 Å². The normalized spacial score (nSPS) is 15.4. The Balaban J connectivity index is 1.80. The van der Waals surface area contributed by atoms with Crippen molar-refractivity contribution in [2.75, 3.05) is 19.7 Å². The largest absolute Gasteiger partial charge is 0.550 e. The van der Waals surface area contributed by atoms with E-state index < -0.39 is 11.9 Å². The Morgan fingerprint density at radius 1 is 1.18 bits per heavy atom. The number of hydrogen-bond donors (Lipinski definition) is 0. The molecule has 0 aromatic heterocycles. The molecule has 0 aliphatic carbocycles. The van der Waals surface area contributed by atoms with Crippen molar-refractivity contribution in [2.24, 2.45) is 5.92 Å². The zero-order valence-electron chi connectivity index (χ0n) is 12.4. The predicted octanol–water partition coefficient (Wildman–Crippen LogP) is 0.257. The quantitative estimate of drug-likeness (QED) is 0.728. The van der Waals surface area contributed by atoms with Gasteiger partial charge in [0.05, 0.1) is 0 Å². The first-order valence-electron chi connectivity index (χ1n) is 7.20. The average Bonchev–Trinajstić information content (AvgIpc) is 2.53. The number of amides is 1. The maximum Gasteiger partial charge on any atom is 0.260 e. The highest BCUT2D eigenvalue weighted by Gasteiger charge is 2.23. The third-order valence-corrected chi connectivity index (χ3v) is 3.80. The molecule has 1 aliphatic heterocycles.